The maximum Gasteiger partial charge on any atom is 0.242 e. The van der Waals surface area contributed by atoms with Gasteiger partial charge in [-0.2, -0.15) is 0 Å². The van der Waals surface area contributed by atoms with E-state index >= 15 is 0 Å². The highest BCUT2D eigenvalue weighted by atomic mass is 32.2. The number of carbonyl (C=O) groups excluding carboxylic acids is 1. The first-order valence-electron chi connectivity index (χ1n) is 9.86. The Bertz CT molecular complexity index is 1180. The van der Waals surface area contributed by atoms with Crippen molar-refractivity contribution in [1.82, 2.24) is 24.2 Å². The van der Waals surface area contributed by atoms with E-state index < -0.39 is 10.0 Å². The molecule has 3 aromatic rings. The van der Waals surface area contributed by atoms with E-state index in [1.54, 1.807) is 24.4 Å². The van der Waals surface area contributed by atoms with Gasteiger partial charge in [-0.25, -0.2) is 22.7 Å². The molecule has 1 N–H and O–H groups in total. The third-order valence-corrected chi connectivity index (χ3v) is 6.87. The van der Waals surface area contributed by atoms with Crippen LogP contribution in [-0.2, 0) is 34.8 Å². The second kappa shape index (κ2) is 9.03. The summed E-state index contributed by atoms with van der Waals surface area (Å²) < 4.78 is 27.8. The maximum absolute atomic E-state index is 12.4. The van der Waals surface area contributed by atoms with Crippen molar-refractivity contribution in [3.63, 3.8) is 0 Å². The van der Waals surface area contributed by atoms with Crippen molar-refractivity contribution in [2.24, 2.45) is 7.05 Å². The van der Waals surface area contributed by atoms with Gasteiger partial charge in [0.25, 0.3) is 0 Å². The van der Waals surface area contributed by atoms with Crippen molar-refractivity contribution in [3.8, 4) is 0 Å². The molecule has 166 valence electrons. The highest BCUT2D eigenvalue weighted by Gasteiger charge is 2.19. The molecule has 0 aliphatic rings. The minimum absolute atomic E-state index is 0.0837. The molecule has 3 rings (SSSR count). The van der Waals surface area contributed by atoms with Gasteiger partial charge in [0.05, 0.1) is 15.9 Å². The molecule has 31 heavy (non-hydrogen) atoms. The number of aryl methyl sites for hydroxylation is 2. The lowest BCUT2D eigenvalue weighted by Gasteiger charge is -2.11. The monoisotopic (exact) mass is 444 g/mol. The number of nitrogens with zero attached hydrogens (tertiary/aromatic N) is 5. The van der Waals surface area contributed by atoms with Gasteiger partial charge in [0, 0.05) is 60.8 Å². The van der Waals surface area contributed by atoms with E-state index in [0.29, 0.717) is 18.5 Å². The van der Waals surface area contributed by atoms with Gasteiger partial charge in [0.15, 0.2) is 0 Å². The van der Waals surface area contributed by atoms with E-state index in [1.807, 2.05) is 42.7 Å². The van der Waals surface area contributed by atoms with Crippen LogP contribution in [0.4, 0.5) is 5.82 Å². The van der Waals surface area contributed by atoms with Crippen LogP contribution in [0.15, 0.2) is 41.4 Å². The van der Waals surface area contributed by atoms with E-state index in [-0.39, 0.29) is 17.2 Å². The van der Waals surface area contributed by atoms with Gasteiger partial charge in [-0.05, 0) is 29.8 Å². The number of fused-ring (bicyclic) bond motifs is 1. The number of imidazole rings is 1. The number of sulfonamides is 1. The molecule has 0 spiro atoms. The van der Waals surface area contributed by atoms with Crippen LogP contribution in [0.25, 0.3) is 11.0 Å². The predicted octanol–water partition coefficient (Wildman–Crippen LogP) is 1.53. The second-order valence-corrected chi connectivity index (χ2v) is 9.87. The van der Waals surface area contributed by atoms with Gasteiger partial charge < -0.3 is 14.8 Å². The number of rotatable bonds is 8. The van der Waals surface area contributed by atoms with E-state index in [0.717, 1.165) is 22.7 Å². The van der Waals surface area contributed by atoms with Crippen LogP contribution in [0.2, 0.25) is 0 Å². The number of anilines is 1. The summed E-state index contributed by atoms with van der Waals surface area (Å²) in [7, 11) is 5.17. The number of hydrogen-bond acceptors (Lipinski definition) is 6. The zero-order chi connectivity index (χ0) is 22.8. The van der Waals surface area contributed by atoms with Crippen molar-refractivity contribution in [3.05, 3.63) is 47.9 Å². The summed E-state index contributed by atoms with van der Waals surface area (Å²) in [5, 5.41) is 2.90. The van der Waals surface area contributed by atoms with E-state index in [4.69, 9.17) is 0 Å². The number of amides is 1. The van der Waals surface area contributed by atoms with E-state index in [2.05, 4.69) is 15.3 Å². The zero-order valence-electron chi connectivity index (χ0n) is 18.5. The molecule has 0 bridgehead atoms. The minimum atomic E-state index is -3.53. The molecule has 1 aromatic carbocycles. The van der Waals surface area contributed by atoms with Crippen molar-refractivity contribution >= 4 is 32.8 Å². The molecule has 9 nitrogen and oxygen atoms in total. The van der Waals surface area contributed by atoms with Gasteiger partial charge >= 0.3 is 0 Å². The first-order chi connectivity index (χ1) is 14.6. The molecule has 0 aliphatic heterocycles. The molecule has 2 aromatic heterocycles. The lowest BCUT2D eigenvalue weighted by Crippen LogP contribution is -2.23. The molecule has 0 saturated carbocycles. The molecular formula is C21H28N6O3S. The minimum Gasteiger partial charge on any atom is -0.363 e. The lowest BCUT2D eigenvalue weighted by atomic mass is 10.2. The molecule has 2 heterocycles. The van der Waals surface area contributed by atoms with Crippen LogP contribution in [0, 0.1) is 0 Å². The van der Waals surface area contributed by atoms with Crippen LogP contribution in [0.5, 0.6) is 0 Å². The summed E-state index contributed by atoms with van der Waals surface area (Å²) in [6.07, 6.45) is 2.48. The Morgan fingerprint density at radius 1 is 1.13 bits per heavy atom. The fourth-order valence-electron chi connectivity index (χ4n) is 3.12. The Kier molecular flexibility index (Phi) is 6.61. The van der Waals surface area contributed by atoms with E-state index in [9.17, 15) is 13.2 Å². The van der Waals surface area contributed by atoms with Crippen molar-refractivity contribution in [2.75, 3.05) is 33.1 Å². The molecule has 0 unspecified atom stereocenters. The van der Waals surface area contributed by atoms with Crippen LogP contribution in [0.3, 0.4) is 0 Å². The normalized spacial score (nSPS) is 11.8. The molecule has 10 heteroatoms. The third-order valence-electron chi connectivity index (χ3n) is 5.06. The van der Waals surface area contributed by atoms with Crippen molar-refractivity contribution < 1.29 is 13.2 Å². The fourth-order valence-corrected chi connectivity index (χ4v) is 4.05. The Balaban J connectivity index is 1.63. The smallest absolute Gasteiger partial charge is 0.242 e. The average molecular weight is 445 g/mol. The first kappa shape index (κ1) is 22.7. The Hall–Kier alpha value is -2.98. The average Bonchev–Trinajstić information content (AvgIpc) is 3.05. The Labute approximate surface area is 182 Å². The molecule has 0 atom stereocenters. The highest BCUT2D eigenvalue weighted by Crippen LogP contribution is 2.21. The summed E-state index contributed by atoms with van der Waals surface area (Å²) in [4.78, 5) is 23.3. The van der Waals surface area contributed by atoms with Gasteiger partial charge in [0.1, 0.15) is 11.6 Å². The summed E-state index contributed by atoms with van der Waals surface area (Å²) in [5.41, 5.74) is 2.34. The largest absolute Gasteiger partial charge is 0.363 e. The lowest BCUT2D eigenvalue weighted by molar-refractivity contribution is -0.121. The second-order valence-electron chi connectivity index (χ2n) is 7.72. The maximum atomic E-state index is 12.4. The summed E-state index contributed by atoms with van der Waals surface area (Å²) >= 11 is 0. The van der Waals surface area contributed by atoms with Gasteiger partial charge in [-0.3, -0.25) is 4.79 Å². The number of nitrogens with one attached hydrogen (secondary N) is 1. The van der Waals surface area contributed by atoms with Gasteiger partial charge in [0.2, 0.25) is 15.9 Å². The van der Waals surface area contributed by atoms with Crippen LogP contribution < -0.4 is 10.2 Å². The number of benzene rings is 1. The van der Waals surface area contributed by atoms with Gasteiger partial charge in [-0.15, -0.1) is 0 Å². The topological polar surface area (TPSA) is 100 Å². The van der Waals surface area contributed by atoms with Crippen molar-refractivity contribution in [2.45, 2.75) is 24.3 Å². The third kappa shape index (κ3) is 5.02. The Morgan fingerprint density at radius 2 is 1.87 bits per heavy atom. The van der Waals surface area contributed by atoms with Crippen LogP contribution in [-0.4, -0.2) is 61.4 Å². The molecular weight excluding hydrogens is 416 g/mol. The zero-order valence-corrected chi connectivity index (χ0v) is 19.3. The Morgan fingerprint density at radius 3 is 2.48 bits per heavy atom. The molecule has 1 amide bonds. The summed E-state index contributed by atoms with van der Waals surface area (Å²) in [5.74, 6) is 1.50. The number of hydrogen-bond donors (Lipinski definition) is 1. The standard InChI is InChI=1S/C21H28N6O3S/c1-25(2)19-9-6-15(13-22-19)14-23-21(28)11-10-20-24-17-12-16(31(29,30)26(3)4)7-8-18(17)27(20)5/h6-9,12-13H,10-11,14H2,1-5H3,(H,23,28). The molecule has 0 saturated heterocycles. The quantitative estimate of drug-likeness (QED) is 0.566. The summed E-state index contributed by atoms with van der Waals surface area (Å²) in [6, 6.07) is 8.73. The molecule has 0 aliphatic carbocycles. The number of pyridine rings is 1. The van der Waals surface area contributed by atoms with Crippen LogP contribution >= 0.6 is 0 Å². The summed E-state index contributed by atoms with van der Waals surface area (Å²) in [6.45, 7) is 0.411. The first-order valence-corrected chi connectivity index (χ1v) is 11.3. The molecule has 0 radical (unpaired) electrons. The predicted molar refractivity (Wildman–Crippen MR) is 120 cm³/mol. The SMILES string of the molecule is CN(C)c1ccc(CNC(=O)CCc2nc3cc(S(=O)(=O)N(C)C)ccc3n2C)cn1. The van der Waals surface area contributed by atoms with Gasteiger partial charge in [-0.1, -0.05) is 6.07 Å². The number of carbonyl (C=O) groups is 1. The molecule has 0 fully saturated rings. The van der Waals surface area contributed by atoms with Crippen LogP contribution in [0.1, 0.15) is 17.8 Å². The number of aromatic nitrogens is 3. The fraction of sp³-hybridized carbons (Fsp3) is 0.381. The highest BCUT2D eigenvalue weighted by molar-refractivity contribution is 7.89. The van der Waals surface area contributed by atoms with Crippen molar-refractivity contribution in [1.29, 1.82) is 0 Å². The van der Waals surface area contributed by atoms with E-state index in [1.165, 1.54) is 18.4 Å².